The van der Waals surface area contributed by atoms with E-state index in [1.807, 2.05) is 18.2 Å². The highest BCUT2D eigenvalue weighted by atomic mass is 16.7. The molecule has 0 saturated heterocycles. The lowest BCUT2D eigenvalue weighted by Gasteiger charge is -2.61. The minimum atomic E-state index is -1.13. The zero-order valence-corrected chi connectivity index (χ0v) is 11.8. The molecule has 2 rings (SSSR count). The average molecular weight is 250 g/mol. The molecular formula is C15H22O3. The Balaban J connectivity index is 2.64. The quantitative estimate of drug-likeness (QED) is 0.835. The Labute approximate surface area is 109 Å². The first-order valence-corrected chi connectivity index (χ1v) is 6.34. The molecule has 0 fully saturated rings. The second-order valence-corrected chi connectivity index (χ2v) is 5.30. The van der Waals surface area contributed by atoms with E-state index in [1.54, 1.807) is 21.1 Å². The number of hydrogen-bond acceptors (Lipinski definition) is 3. The van der Waals surface area contributed by atoms with Crippen LogP contribution in [0, 0.1) is 0 Å². The predicted molar refractivity (Wildman–Crippen MR) is 70.4 cm³/mol. The summed E-state index contributed by atoms with van der Waals surface area (Å²) < 4.78 is 11.0. The van der Waals surface area contributed by atoms with Crippen molar-refractivity contribution in [3.05, 3.63) is 35.4 Å². The molecule has 100 valence electrons. The third-order valence-corrected chi connectivity index (χ3v) is 4.85. The van der Waals surface area contributed by atoms with Crippen molar-refractivity contribution in [2.75, 3.05) is 14.2 Å². The van der Waals surface area contributed by atoms with Gasteiger partial charge in [-0.3, -0.25) is 0 Å². The van der Waals surface area contributed by atoms with Gasteiger partial charge >= 0.3 is 0 Å². The standard InChI is InChI=1S/C15H22O3/c1-6-13(2)11-9-7-8-10-12(11)15(13,16)14(3,17-4)18-5/h7-10,16H,6H2,1-5H3. The molecule has 0 heterocycles. The highest BCUT2D eigenvalue weighted by Crippen LogP contribution is 2.61. The van der Waals surface area contributed by atoms with Gasteiger partial charge in [-0.1, -0.05) is 38.1 Å². The molecule has 1 aliphatic carbocycles. The van der Waals surface area contributed by atoms with Gasteiger partial charge in [-0.25, -0.2) is 0 Å². The number of fused-ring (bicyclic) bond motifs is 1. The third-order valence-electron chi connectivity index (χ3n) is 4.85. The van der Waals surface area contributed by atoms with Crippen LogP contribution in [0.3, 0.4) is 0 Å². The molecule has 0 spiro atoms. The van der Waals surface area contributed by atoms with Crippen molar-refractivity contribution in [1.82, 2.24) is 0 Å². The smallest absolute Gasteiger partial charge is 0.199 e. The van der Waals surface area contributed by atoms with Crippen molar-refractivity contribution in [1.29, 1.82) is 0 Å². The third kappa shape index (κ3) is 1.25. The number of methoxy groups -OCH3 is 2. The van der Waals surface area contributed by atoms with Gasteiger partial charge in [0, 0.05) is 19.6 Å². The van der Waals surface area contributed by atoms with Crippen LogP contribution >= 0.6 is 0 Å². The number of hydrogen-bond donors (Lipinski definition) is 1. The minimum absolute atomic E-state index is 0.357. The Hall–Kier alpha value is -0.900. The molecule has 1 N–H and O–H groups in total. The molecule has 1 aromatic carbocycles. The van der Waals surface area contributed by atoms with Gasteiger partial charge in [-0.2, -0.15) is 0 Å². The van der Waals surface area contributed by atoms with Crippen molar-refractivity contribution in [3.63, 3.8) is 0 Å². The van der Waals surface area contributed by atoms with Crippen molar-refractivity contribution < 1.29 is 14.6 Å². The lowest BCUT2D eigenvalue weighted by molar-refractivity contribution is -0.329. The fourth-order valence-corrected chi connectivity index (χ4v) is 3.28. The zero-order valence-electron chi connectivity index (χ0n) is 11.8. The molecule has 0 amide bonds. The Morgan fingerprint density at radius 3 is 2.11 bits per heavy atom. The highest BCUT2D eigenvalue weighted by Gasteiger charge is 2.68. The van der Waals surface area contributed by atoms with Gasteiger partial charge in [0.2, 0.25) is 0 Å². The molecular weight excluding hydrogens is 228 g/mol. The number of ether oxygens (including phenoxy) is 2. The maximum absolute atomic E-state index is 11.3. The van der Waals surface area contributed by atoms with Gasteiger partial charge in [0.15, 0.2) is 11.4 Å². The maximum Gasteiger partial charge on any atom is 0.199 e. The number of benzene rings is 1. The summed E-state index contributed by atoms with van der Waals surface area (Å²) in [6, 6.07) is 7.95. The molecule has 0 aliphatic heterocycles. The van der Waals surface area contributed by atoms with Crippen LogP contribution in [-0.4, -0.2) is 25.1 Å². The zero-order chi connectivity index (χ0) is 13.6. The fourth-order valence-electron chi connectivity index (χ4n) is 3.28. The average Bonchev–Trinajstić information content (AvgIpc) is 2.44. The topological polar surface area (TPSA) is 38.7 Å². The molecule has 0 saturated carbocycles. The fraction of sp³-hybridized carbons (Fsp3) is 0.600. The van der Waals surface area contributed by atoms with Crippen LogP contribution in [-0.2, 0) is 20.5 Å². The SMILES string of the molecule is CCC1(C)c2ccccc2C1(O)C(C)(OC)OC. The second kappa shape index (κ2) is 4.05. The largest absolute Gasteiger partial charge is 0.379 e. The van der Waals surface area contributed by atoms with Crippen LogP contribution < -0.4 is 0 Å². The lowest BCUT2D eigenvalue weighted by Crippen LogP contribution is -2.69. The first-order chi connectivity index (χ1) is 8.41. The molecule has 1 aliphatic rings. The van der Waals surface area contributed by atoms with Gasteiger partial charge in [0.05, 0.1) is 0 Å². The summed E-state index contributed by atoms with van der Waals surface area (Å²) >= 11 is 0. The predicted octanol–water partition coefficient (Wildman–Crippen LogP) is 2.56. The monoisotopic (exact) mass is 250 g/mol. The second-order valence-electron chi connectivity index (χ2n) is 5.30. The van der Waals surface area contributed by atoms with Crippen molar-refractivity contribution in [2.45, 2.75) is 44.0 Å². The van der Waals surface area contributed by atoms with E-state index in [-0.39, 0.29) is 5.41 Å². The molecule has 18 heavy (non-hydrogen) atoms. The van der Waals surface area contributed by atoms with Gasteiger partial charge in [0.25, 0.3) is 0 Å². The van der Waals surface area contributed by atoms with Gasteiger partial charge in [0.1, 0.15) is 0 Å². The molecule has 2 atom stereocenters. The Morgan fingerprint density at radius 1 is 1.17 bits per heavy atom. The summed E-state index contributed by atoms with van der Waals surface area (Å²) in [5.41, 5.74) is 0.593. The van der Waals surface area contributed by atoms with E-state index < -0.39 is 11.4 Å². The summed E-state index contributed by atoms with van der Waals surface area (Å²) in [7, 11) is 3.14. The summed E-state index contributed by atoms with van der Waals surface area (Å²) in [5.74, 6) is -1.05. The highest BCUT2D eigenvalue weighted by molar-refractivity contribution is 5.53. The lowest BCUT2D eigenvalue weighted by atomic mass is 9.50. The normalized spacial score (nSPS) is 30.8. The van der Waals surface area contributed by atoms with Crippen LogP contribution in [0.25, 0.3) is 0 Å². The van der Waals surface area contributed by atoms with Gasteiger partial charge in [-0.05, 0) is 24.5 Å². The molecule has 3 heteroatoms. The van der Waals surface area contributed by atoms with Crippen LogP contribution in [0.4, 0.5) is 0 Å². The van der Waals surface area contributed by atoms with E-state index in [2.05, 4.69) is 19.9 Å². The Bertz CT molecular complexity index is 453. The molecule has 0 aromatic heterocycles. The van der Waals surface area contributed by atoms with E-state index in [4.69, 9.17) is 9.47 Å². The molecule has 0 radical (unpaired) electrons. The minimum Gasteiger partial charge on any atom is -0.379 e. The summed E-state index contributed by atoms with van der Waals surface area (Å²) in [6.07, 6.45) is 0.822. The van der Waals surface area contributed by atoms with Crippen molar-refractivity contribution in [3.8, 4) is 0 Å². The van der Waals surface area contributed by atoms with E-state index in [0.29, 0.717) is 0 Å². The van der Waals surface area contributed by atoms with E-state index in [1.165, 1.54) is 5.56 Å². The van der Waals surface area contributed by atoms with Gasteiger partial charge in [-0.15, -0.1) is 0 Å². The Morgan fingerprint density at radius 2 is 1.67 bits per heavy atom. The van der Waals surface area contributed by atoms with Crippen LogP contribution in [0.15, 0.2) is 24.3 Å². The summed E-state index contributed by atoms with van der Waals surface area (Å²) in [5, 5.41) is 11.3. The van der Waals surface area contributed by atoms with Crippen LogP contribution in [0.5, 0.6) is 0 Å². The van der Waals surface area contributed by atoms with Crippen molar-refractivity contribution >= 4 is 0 Å². The van der Waals surface area contributed by atoms with Crippen molar-refractivity contribution in [2.24, 2.45) is 0 Å². The van der Waals surface area contributed by atoms with Crippen LogP contribution in [0.1, 0.15) is 38.3 Å². The van der Waals surface area contributed by atoms with Gasteiger partial charge < -0.3 is 14.6 Å². The first kappa shape index (κ1) is 13.5. The number of aliphatic hydroxyl groups is 1. The summed E-state index contributed by atoms with van der Waals surface area (Å²) in [4.78, 5) is 0. The maximum atomic E-state index is 11.3. The Kier molecular flexibility index (Phi) is 3.05. The molecule has 0 bridgehead atoms. The number of rotatable bonds is 4. The van der Waals surface area contributed by atoms with E-state index in [9.17, 15) is 5.11 Å². The van der Waals surface area contributed by atoms with E-state index >= 15 is 0 Å². The van der Waals surface area contributed by atoms with Crippen LogP contribution in [0.2, 0.25) is 0 Å². The van der Waals surface area contributed by atoms with E-state index in [0.717, 1.165) is 12.0 Å². The molecule has 2 unspecified atom stereocenters. The molecule has 1 aromatic rings. The first-order valence-electron chi connectivity index (χ1n) is 6.34. The summed E-state index contributed by atoms with van der Waals surface area (Å²) in [6.45, 7) is 5.93. The molecule has 3 nitrogen and oxygen atoms in total.